The molecule has 14 N–H and O–H groups in total. The van der Waals surface area contributed by atoms with Crippen LogP contribution in [0.25, 0.3) is 0 Å². The number of rotatable bonds is 7. The molecule has 3 heterocycles. The summed E-state index contributed by atoms with van der Waals surface area (Å²) in [5, 5.41) is 79.6. The third-order valence-electron chi connectivity index (χ3n) is 6.33. The topological polar surface area (TPSA) is 286 Å². The molecule has 16 nitrogen and oxygen atoms in total. The van der Waals surface area contributed by atoms with Crippen molar-refractivity contribution in [3.05, 3.63) is 0 Å². The Morgan fingerprint density at radius 2 is 0.941 bits per heavy atom. The first-order chi connectivity index (χ1) is 16.0. The Labute approximate surface area is 194 Å². The van der Waals surface area contributed by atoms with Crippen molar-refractivity contribution in [2.24, 2.45) is 17.2 Å². The maximum atomic E-state index is 10.8. The molecule has 0 aromatic rings. The average Bonchev–Trinajstić information content (AvgIpc) is 2.83. The Bertz CT molecular complexity index is 646. The second-order valence-corrected chi connectivity index (χ2v) is 8.59. The van der Waals surface area contributed by atoms with Gasteiger partial charge in [-0.3, -0.25) is 0 Å². The molecule has 34 heavy (non-hydrogen) atoms. The van der Waals surface area contributed by atoms with E-state index in [0.29, 0.717) is 0 Å². The minimum absolute atomic E-state index is 0.651. The van der Waals surface area contributed by atoms with Gasteiger partial charge in [-0.1, -0.05) is 0 Å². The summed E-state index contributed by atoms with van der Waals surface area (Å²) in [7, 11) is 0. The van der Waals surface area contributed by atoms with E-state index in [9.17, 15) is 40.9 Å². The van der Waals surface area contributed by atoms with Gasteiger partial charge in [0.1, 0.15) is 54.9 Å². The van der Waals surface area contributed by atoms with Gasteiger partial charge in [-0.25, -0.2) is 0 Å². The number of hydrogen-bond acceptors (Lipinski definition) is 16. The standard InChI is InChI=1S/C18H35N3O13/c19-7-12(27)14(5(2-23)30-16(7)29)33-18-9(21)13(28)15(6(3-24)32-18)34-17-8(20)11(26)10(25)4(1-22)31-17/h4-18,22-29H,1-3,19-21H2/t4?,5?,6?,7-,8-,9+,10?,11-,12-,13?,14?,15?,16+,17-,18-/m1/s1. The van der Waals surface area contributed by atoms with Gasteiger partial charge in [0.2, 0.25) is 0 Å². The minimum Gasteiger partial charge on any atom is -0.394 e. The van der Waals surface area contributed by atoms with E-state index >= 15 is 0 Å². The van der Waals surface area contributed by atoms with Crippen molar-refractivity contribution in [3.63, 3.8) is 0 Å². The molecule has 3 fully saturated rings. The van der Waals surface area contributed by atoms with E-state index in [-0.39, 0.29) is 0 Å². The van der Waals surface area contributed by atoms with Gasteiger partial charge in [-0.05, 0) is 0 Å². The molecule has 0 amide bonds. The van der Waals surface area contributed by atoms with Crippen molar-refractivity contribution in [3.8, 4) is 0 Å². The fourth-order valence-corrected chi connectivity index (χ4v) is 4.18. The maximum absolute atomic E-state index is 10.8. The SMILES string of the molecule is N[C@H]1[C@@H](OC2C(CO)O[C@H](OC3C(CO)O[C@H](O)[C@H](N)[C@H]3O)[C@@H](N)C2O)OC(CO)C(O)[C@@H]1O. The molecule has 0 aromatic heterocycles. The van der Waals surface area contributed by atoms with Crippen LogP contribution in [0.2, 0.25) is 0 Å². The molecule has 3 saturated heterocycles. The number of hydrogen-bond donors (Lipinski definition) is 11. The van der Waals surface area contributed by atoms with Crippen molar-refractivity contribution in [1.82, 2.24) is 0 Å². The zero-order valence-corrected chi connectivity index (χ0v) is 18.1. The molecule has 200 valence electrons. The van der Waals surface area contributed by atoms with E-state index in [1.54, 1.807) is 0 Å². The van der Waals surface area contributed by atoms with Gasteiger partial charge in [0.05, 0.1) is 37.9 Å². The van der Waals surface area contributed by atoms with Crippen LogP contribution in [0.15, 0.2) is 0 Å². The number of ether oxygens (including phenoxy) is 5. The van der Waals surface area contributed by atoms with E-state index in [2.05, 4.69) is 0 Å². The van der Waals surface area contributed by atoms with Crippen LogP contribution in [0.3, 0.4) is 0 Å². The molecule has 7 unspecified atom stereocenters. The van der Waals surface area contributed by atoms with Crippen LogP contribution >= 0.6 is 0 Å². The first-order valence-corrected chi connectivity index (χ1v) is 10.8. The van der Waals surface area contributed by atoms with Crippen molar-refractivity contribution in [2.45, 2.75) is 91.9 Å². The zero-order chi connectivity index (χ0) is 25.3. The summed E-state index contributed by atoms with van der Waals surface area (Å²) in [5.74, 6) is 0. The van der Waals surface area contributed by atoms with Gasteiger partial charge >= 0.3 is 0 Å². The number of aliphatic hydroxyl groups excluding tert-OH is 8. The first-order valence-electron chi connectivity index (χ1n) is 10.8. The fourth-order valence-electron chi connectivity index (χ4n) is 4.18. The van der Waals surface area contributed by atoms with Crippen molar-refractivity contribution in [2.75, 3.05) is 19.8 Å². The zero-order valence-electron chi connectivity index (χ0n) is 18.1. The van der Waals surface area contributed by atoms with E-state index < -0.39 is 112 Å². The highest BCUT2D eigenvalue weighted by molar-refractivity contribution is 4.98. The maximum Gasteiger partial charge on any atom is 0.176 e. The Hall–Kier alpha value is -0.640. The summed E-state index contributed by atoms with van der Waals surface area (Å²) in [6.45, 7) is -2.00. The highest BCUT2D eigenvalue weighted by Crippen LogP contribution is 2.30. The van der Waals surface area contributed by atoms with Gasteiger partial charge < -0.3 is 81.7 Å². The lowest BCUT2D eigenvalue weighted by Gasteiger charge is -2.48. The predicted molar refractivity (Wildman–Crippen MR) is 107 cm³/mol. The van der Waals surface area contributed by atoms with Crippen molar-refractivity contribution < 1.29 is 64.5 Å². The van der Waals surface area contributed by atoms with E-state index in [1.165, 1.54) is 0 Å². The Morgan fingerprint density at radius 3 is 1.44 bits per heavy atom. The molecular formula is C18H35N3O13. The van der Waals surface area contributed by atoms with Gasteiger partial charge in [0, 0.05) is 0 Å². The molecule has 3 aliphatic heterocycles. The molecule has 3 rings (SSSR count). The third-order valence-corrected chi connectivity index (χ3v) is 6.33. The van der Waals surface area contributed by atoms with Gasteiger partial charge in [-0.15, -0.1) is 0 Å². The van der Waals surface area contributed by atoms with Gasteiger partial charge in [0.15, 0.2) is 18.9 Å². The molecular weight excluding hydrogens is 466 g/mol. The van der Waals surface area contributed by atoms with Crippen molar-refractivity contribution >= 4 is 0 Å². The summed E-state index contributed by atoms with van der Waals surface area (Å²) in [5.41, 5.74) is 17.6. The summed E-state index contributed by atoms with van der Waals surface area (Å²) in [6.07, 6.45) is -16.8. The summed E-state index contributed by atoms with van der Waals surface area (Å²) in [4.78, 5) is 0. The molecule has 0 saturated carbocycles. The van der Waals surface area contributed by atoms with E-state index in [1.807, 2.05) is 0 Å². The Morgan fingerprint density at radius 1 is 0.529 bits per heavy atom. The summed E-state index contributed by atoms with van der Waals surface area (Å²) >= 11 is 0. The van der Waals surface area contributed by atoms with Crippen LogP contribution in [0.1, 0.15) is 0 Å². The molecule has 15 atom stereocenters. The Balaban J connectivity index is 1.72. The lowest BCUT2D eigenvalue weighted by atomic mass is 9.94. The lowest BCUT2D eigenvalue weighted by Crippen LogP contribution is -2.69. The molecule has 0 bridgehead atoms. The second-order valence-electron chi connectivity index (χ2n) is 8.59. The van der Waals surface area contributed by atoms with Crippen LogP contribution in [0.4, 0.5) is 0 Å². The van der Waals surface area contributed by atoms with Crippen molar-refractivity contribution in [1.29, 1.82) is 0 Å². The molecule has 0 aliphatic carbocycles. The van der Waals surface area contributed by atoms with Gasteiger partial charge in [-0.2, -0.15) is 0 Å². The van der Waals surface area contributed by atoms with Crippen LogP contribution < -0.4 is 17.2 Å². The highest BCUT2D eigenvalue weighted by Gasteiger charge is 2.52. The molecule has 3 aliphatic rings. The van der Waals surface area contributed by atoms with Crippen LogP contribution in [-0.2, 0) is 23.7 Å². The van der Waals surface area contributed by atoms with E-state index in [0.717, 1.165) is 0 Å². The average molecular weight is 501 g/mol. The second kappa shape index (κ2) is 11.6. The quantitative estimate of drug-likeness (QED) is 0.154. The lowest BCUT2D eigenvalue weighted by molar-refractivity contribution is -0.348. The Kier molecular flexibility index (Phi) is 9.54. The summed E-state index contributed by atoms with van der Waals surface area (Å²) in [6, 6.07) is -3.87. The monoisotopic (exact) mass is 501 g/mol. The minimum atomic E-state index is -1.56. The molecule has 0 radical (unpaired) electrons. The van der Waals surface area contributed by atoms with Gasteiger partial charge in [0.25, 0.3) is 0 Å². The normalized spacial score (nSPS) is 52.5. The number of nitrogens with two attached hydrogens (primary N) is 3. The van der Waals surface area contributed by atoms with Crippen LogP contribution in [-0.4, -0.2) is 153 Å². The van der Waals surface area contributed by atoms with E-state index in [4.69, 9.17) is 40.9 Å². The molecule has 0 spiro atoms. The fraction of sp³-hybridized carbons (Fsp3) is 1.00. The predicted octanol–water partition coefficient (Wildman–Crippen LogP) is -7.67. The third kappa shape index (κ3) is 5.37. The molecule has 16 heteroatoms. The van der Waals surface area contributed by atoms with Crippen LogP contribution in [0.5, 0.6) is 0 Å². The largest absolute Gasteiger partial charge is 0.394 e. The molecule has 0 aromatic carbocycles. The number of aliphatic hydroxyl groups is 8. The smallest absolute Gasteiger partial charge is 0.176 e. The summed E-state index contributed by atoms with van der Waals surface area (Å²) < 4.78 is 27.4. The first kappa shape index (κ1) is 27.9. The van der Waals surface area contributed by atoms with Crippen LogP contribution in [0, 0.1) is 0 Å². The highest BCUT2D eigenvalue weighted by atomic mass is 16.7.